The highest BCUT2D eigenvalue weighted by Crippen LogP contribution is 2.24. The summed E-state index contributed by atoms with van der Waals surface area (Å²) in [6, 6.07) is 9.42. The Morgan fingerprint density at radius 2 is 2.23 bits per heavy atom. The van der Waals surface area contributed by atoms with Crippen LogP contribution >= 0.6 is 11.3 Å². The summed E-state index contributed by atoms with van der Waals surface area (Å²) >= 11 is 1.87. The fourth-order valence-electron chi connectivity index (χ4n) is 3.26. The molecular formula is C20H27FN4S. The fourth-order valence-corrected chi connectivity index (χ4v) is 4.15. The van der Waals surface area contributed by atoms with Gasteiger partial charge >= 0.3 is 0 Å². The third kappa shape index (κ3) is 5.05. The molecule has 0 bridgehead atoms. The average Bonchev–Trinajstić information content (AvgIpc) is 3.12. The van der Waals surface area contributed by atoms with E-state index in [0.717, 1.165) is 50.5 Å². The summed E-state index contributed by atoms with van der Waals surface area (Å²) in [5.74, 6) is 0.607. The molecule has 2 aromatic rings. The number of nitrogens with zero attached hydrogens (tertiary/aromatic N) is 2. The number of nitrogens with one attached hydrogen (secondary N) is 2. The van der Waals surface area contributed by atoms with Crippen molar-refractivity contribution in [2.45, 2.75) is 32.4 Å². The van der Waals surface area contributed by atoms with Crippen LogP contribution in [0.15, 0.2) is 40.7 Å². The molecule has 3 rings (SSSR count). The first-order chi connectivity index (χ1) is 12.7. The lowest BCUT2D eigenvalue weighted by molar-refractivity contribution is 0.192. The number of rotatable bonds is 6. The van der Waals surface area contributed by atoms with Crippen LogP contribution in [-0.4, -0.2) is 43.6 Å². The highest BCUT2D eigenvalue weighted by atomic mass is 32.1. The molecule has 1 aromatic heterocycles. The predicted molar refractivity (Wildman–Crippen MR) is 107 cm³/mol. The van der Waals surface area contributed by atoms with Crippen molar-refractivity contribution in [1.82, 2.24) is 15.5 Å². The van der Waals surface area contributed by atoms with Crippen LogP contribution in [0.25, 0.3) is 0 Å². The van der Waals surface area contributed by atoms with Gasteiger partial charge in [-0.05, 0) is 54.5 Å². The Balaban J connectivity index is 1.41. The second-order valence-corrected chi connectivity index (χ2v) is 7.70. The van der Waals surface area contributed by atoms with Gasteiger partial charge in [0.25, 0.3) is 0 Å². The Morgan fingerprint density at radius 3 is 3.04 bits per heavy atom. The Hall–Kier alpha value is -1.92. The van der Waals surface area contributed by atoms with Gasteiger partial charge in [0.2, 0.25) is 0 Å². The lowest BCUT2D eigenvalue weighted by Crippen LogP contribution is -2.47. The lowest BCUT2D eigenvalue weighted by Gasteiger charge is -2.32. The van der Waals surface area contributed by atoms with Crippen LogP contribution in [0.4, 0.5) is 4.39 Å². The lowest BCUT2D eigenvalue weighted by atomic mass is 10.1. The summed E-state index contributed by atoms with van der Waals surface area (Å²) in [6.45, 7) is 5.97. The van der Waals surface area contributed by atoms with Crippen LogP contribution in [0.1, 0.15) is 22.9 Å². The van der Waals surface area contributed by atoms with Crippen molar-refractivity contribution >= 4 is 17.3 Å². The zero-order chi connectivity index (χ0) is 18.4. The van der Waals surface area contributed by atoms with Crippen LogP contribution in [0.2, 0.25) is 0 Å². The zero-order valence-corrected chi connectivity index (χ0v) is 16.3. The summed E-state index contributed by atoms with van der Waals surface area (Å²) in [5, 5.41) is 8.91. The number of hydrogen-bond acceptors (Lipinski definition) is 3. The third-order valence-corrected chi connectivity index (χ3v) is 5.87. The molecule has 2 heterocycles. The molecule has 0 amide bonds. The van der Waals surface area contributed by atoms with Crippen molar-refractivity contribution in [2.24, 2.45) is 4.99 Å². The van der Waals surface area contributed by atoms with Crippen molar-refractivity contribution in [3.63, 3.8) is 0 Å². The average molecular weight is 375 g/mol. The number of halogens is 1. The van der Waals surface area contributed by atoms with Gasteiger partial charge in [-0.1, -0.05) is 12.1 Å². The Kier molecular flexibility index (Phi) is 6.63. The highest BCUT2D eigenvalue weighted by Gasteiger charge is 2.21. The number of thiophene rings is 1. The molecule has 0 radical (unpaired) electrons. The van der Waals surface area contributed by atoms with Gasteiger partial charge in [-0.15, -0.1) is 11.3 Å². The van der Waals surface area contributed by atoms with Crippen molar-refractivity contribution in [3.8, 4) is 0 Å². The van der Waals surface area contributed by atoms with E-state index in [1.807, 2.05) is 17.4 Å². The second kappa shape index (κ2) is 9.14. The van der Waals surface area contributed by atoms with Gasteiger partial charge in [0, 0.05) is 44.1 Å². The fraction of sp³-hybridized carbons (Fsp3) is 0.450. The van der Waals surface area contributed by atoms with E-state index in [1.54, 1.807) is 19.2 Å². The van der Waals surface area contributed by atoms with E-state index in [9.17, 15) is 4.39 Å². The molecule has 0 saturated carbocycles. The van der Waals surface area contributed by atoms with Crippen LogP contribution in [0.3, 0.4) is 0 Å². The quantitative estimate of drug-likeness (QED) is 0.603. The molecular weight excluding hydrogens is 347 g/mol. The van der Waals surface area contributed by atoms with Crippen LogP contribution in [-0.2, 0) is 19.4 Å². The molecule has 2 N–H and O–H groups in total. The minimum absolute atomic E-state index is 0.186. The molecule has 6 heteroatoms. The van der Waals surface area contributed by atoms with Gasteiger partial charge in [0.15, 0.2) is 5.96 Å². The minimum atomic E-state index is -0.186. The first-order valence-electron chi connectivity index (χ1n) is 9.14. The molecule has 1 aliphatic heterocycles. The molecule has 0 saturated heterocycles. The van der Waals surface area contributed by atoms with Crippen LogP contribution in [0.5, 0.6) is 0 Å². The van der Waals surface area contributed by atoms with Crippen LogP contribution in [0, 0.1) is 5.82 Å². The van der Waals surface area contributed by atoms with E-state index in [4.69, 9.17) is 0 Å². The molecule has 1 unspecified atom stereocenters. The molecule has 4 nitrogen and oxygen atoms in total. The molecule has 140 valence electrons. The van der Waals surface area contributed by atoms with E-state index < -0.39 is 0 Å². The molecule has 0 fully saturated rings. The van der Waals surface area contributed by atoms with Gasteiger partial charge in [0.05, 0.1) is 0 Å². The standard InChI is InChI=1S/C20H27FN4S/c1-15(25-10-7-19-17(14-25)8-11-26-19)13-24-20(22-2)23-9-6-16-4-3-5-18(21)12-16/h3-5,8,11-12,15H,6-7,9-10,13-14H2,1-2H3,(H2,22,23,24). The van der Waals surface area contributed by atoms with Crippen molar-refractivity contribution < 1.29 is 4.39 Å². The van der Waals surface area contributed by atoms with Crippen LogP contribution < -0.4 is 10.6 Å². The summed E-state index contributed by atoms with van der Waals surface area (Å²) in [7, 11) is 1.78. The van der Waals surface area contributed by atoms with E-state index in [0.29, 0.717) is 6.04 Å². The third-order valence-electron chi connectivity index (χ3n) is 4.84. The largest absolute Gasteiger partial charge is 0.356 e. The summed E-state index contributed by atoms with van der Waals surface area (Å²) in [5.41, 5.74) is 2.46. The van der Waals surface area contributed by atoms with E-state index in [2.05, 4.69) is 38.9 Å². The molecule has 1 aliphatic rings. The zero-order valence-electron chi connectivity index (χ0n) is 15.5. The Labute approximate surface area is 159 Å². The van der Waals surface area contributed by atoms with Gasteiger partial charge in [-0.3, -0.25) is 9.89 Å². The van der Waals surface area contributed by atoms with Gasteiger partial charge in [0.1, 0.15) is 5.82 Å². The normalized spacial score (nSPS) is 16.2. The first-order valence-corrected chi connectivity index (χ1v) is 10.0. The molecule has 1 aromatic carbocycles. The molecule has 26 heavy (non-hydrogen) atoms. The first kappa shape index (κ1) is 18.9. The van der Waals surface area contributed by atoms with Crippen molar-refractivity contribution in [1.29, 1.82) is 0 Å². The maximum atomic E-state index is 13.2. The summed E-state index contributed by atoms with van der Waals surface area (Å²) in [4.78, 5) is 8.34. The highest BCUT2D eigenvalue weighted by molar-refractivity contribution is 7.10. The molecule has 0 aliphatic carbocycles. The van der Waals surface area contributed by atoms with Gasteiger partial charge in [-0.25, -0.2) is 4.39 Å². The minimum Gasteiger partial charge on any atom is -0.356 e. The van der Waals surface area contributed by atoms with E-state index in [-0.39, 0.29) is 5.82 Å². The van der Waals surface area contributed by atoms with Gasteiger partial charge in [-0.2, -0.15) is 0 Å². The summed E-state index contributed by atoms with van der Waals surface area (Å²) < 4.78 is 13.2. The van der Waals surface area contributed by atoms with Crippen molar-refractivity contribution in [3.05, 3.63) is 57.5 Å². The Morgan fingerprint density at radius 1 is 1.35 bits per heavy atom. The monoisotopic (exact) mass is 374 g/mol. The number of aliphatic imine (C=N–C) groups is 1. The molecule has 0 spiro atoms. The SMILES string of the molecule is CN=C(NCCc1cccc(F)c1)NCC(C)N1CCc2sccc2C1. The van der Waals surface area contributed by atoms with Gasteiger partial charge < -0.3 is 10.6 Å². The maximum Gasteiger partial charge on any atom is 0.191 e. The smallest absolute Gasteiger partial charge is 0.191 e. The Bertz CT molecular complexity index is 743. The van der Waals surface area contributed by atoms with Crippen molar-refractivity contribution in [2.75, 3.05) is 26.7 Å². The number of hydrogen-bond donors (Lipinski definition) is 2. The topological polar surface area (TPSA) is 39.7 Å². The number of guanidine groups is 1. The molecule has 1 atom stereocenters. The second-order valence-electron chi connectivity index (χ2n) is 6.70. The van der Waals surface area contributed by atoms with E-state index in [1.165, 1.54) is 16.5 Å². The number of fused-ring (bicyclic) bond motifs is 1. The summed E-state index contributed by atoms with van der Waals surface area (Å²) in [6.07, 6.45) is 1.92. The maximum absolute atomic E-state index is 13.2. The predicted octanol–water partition coefficient (Wildman–Crippen LogP) is 3.04. The van der Waals surface area contributed by atoms with E-state index >= 15 is 0 Å². The number of benzene rings is 1.